The van der Waals surface area contributed by atoms with Crippen LogP contribution < -0.4 is 17.0 Å². The smallest absolute Gasteiger partial charge is 0.328 e. The number of hydrogen-bond acceptors (Lipinski definition) is 8. The number of nitrogens with two attached hydrogens (primary N) is 1. The number of H-pyrrole nitrogens is 1. The highest BCUT2D eigenvalue weighted by molar-refractivity contribution is 5.85. The molecule has 30 heavy (non-hydrogen) atoms. The van der Waals surface area contributed by atoms with Crippen molar-refractivity contribution in [3.63, 3.8) is 0 Å². The lowest BCUT2D eigenvalue weighted by Crippen LogP contribution is -2.55. The summed E-state index contributed by atoms with van der Waals surface area (Å²) in [5.41, 5.74) is 3.76. The Labute approximate surface area is 172 Å². The van der Waals surface area contributed by atoms with Crippen LogP contribution in [-0.2, 0) is 30.4 Å². The monoisotopic (exact) mass is 428 g/mol. The van der Waals surface area contributed by atoms with Crippen molar-refractivity contribution in [3.8, 4) is 0 Å². The lowest BCUT2D eigenvalue weighted by Gasteiger charge is -2.31. The summed E-state index contributed by atoms with van der Waals surface area (Å²) in [6, 6.07) is -2.79. The topological polar surface area (TPSA) is 174 Å². The number of carbonyl (C=O) groups excluding carboxylic acids is 2. The van der Waals surface area contributed by atoms with Crippen LogP contribution in [0.2, 0.25) is 0 Å². The number of nitrogens with one attached hydrogen (secondary N) is 1. The maximum atomic E-state index is 12.9. The fourth-order valence-electron chi connectivity index (χ4n) is 2.49. The molecule has 0 aromatic carbocycles. The van der Waals surface area contributed by atoms with Gasteiger partial charge in [-0.15, -0.1) is 0 Å². The number of ether oxygens (including phenoxy) is 2. The van der Waals surface area contributed by atoms with Crippen LogP contribution in [0.5, 0.6) is 0 Å². The number of hydrogen-bond donors (Lipinski definition) is 3. The average molecular weight is 428 g/mol. The maximum Gasteiger partial charge on any atom is 0.328 e. The van der Waals surface area contributed by atoms with Crippen LogP contribution in [0.25, 0.3) is 0 Å². The van der Waals surface area contributed by atoms with E-state index in [4.69, 9.17) is 15.2 Å². The number of rotatable bonds is 9. The van der Waals surface area contributed by atoms with Crippen molar-refractivity contribution in [3.05, 3.63) is 32.6 Å². The van der Waals surface area contributed by atoms with Gasteiger partial charge < -0.3 is 25.2 Å². The molecule has 0 radical (unpaired) electrons. The molecule has 0 saturated carbocycles. The van der Waals surface area contributed by atoms with E-state index in [9.17, 15) is 29.1 Å². The van der Waals surface area contributed by atoms with Crippen LogP contribution in [0, 0.1) is 6.92 Å². The van der Waals surface area contributed by atoms with Gasteiger partial charge in [-0.2, -0.15) is 0 Å². The van der Waals surface area contributed by atoms with Crippen LogP contribution in [0.1, 0.15) is 26.3 Å². The maximum absolute atomic E-state index is 12.9. The number of aromatic nitrogens is 2. The van der Waals surface area contributed by atoms with Crippen molar-refractivity contribution < 1.29 is 29.0 Å². The first-order valence-corrected chi connectivity index (χ1v) is 9.06. The largest absolute Gasteiger partial charge is 0.480 e. The molecule has 1 aromatic rings. The van der Waals surface area contributed by atoms with Gasteiger partial charge in [0.2, 0.25) is 5.91 Å². The lowest BCUT2D eigenvalue weighted by molar-refractivity contribution is -0.160. The van der Waals surface area contributed by atoms with Crippen LogP contribution >= 0.6 is 0 Å². The summed E-state index contributed by atoms with van der Waals surface area (Å²) in [7, 11) is 1.25. The number of carboxylic acids is 1. The molecule has 1 amide bonds. The van der Waals surface area contributed by atoms with E-state index in [2.05, 4.69) is 4.98 Å². The Morgan fingerprint density at radius 2 is 1.90 bits per heavy atom. The average Bonchev–Trinajstić information content (AvgIpc) is 2.60. The Morgan fingerprint density at radius 3 is 2.40 bits per heavy atom. The zero-order chi connectivity index (χ0) is 23.2. The van der Waals surface area contributed by atoms with Crippen molar-refractivity contribution in [2.24, 2.45) is 5.73 Å². The highest BCUT2D eigenvalue weighted by Gasteiger charge is 2.34. The molecular formula is C18H28N4O8. The molecule has 1 aromatic heterocycles. The van der Waals surface area contributed by atoms with Crippen molar-refractivity contribution in [1.29, 1.82) is 0 Å². The van der Waals surface area contributed by atoms with Gasteiger partial charge in [0.1, 0.15) is 18.2 Å². The molecule has 0 saturated heterocycles. The molecule has 0 fully saturated rings. The number of aliphatic carboxylic acids is 1. The molecule has 2 atom stereocenters. The van der Waals surface area contributed by atoms with Gasteiger partial charge in [-0.05, 0) is 27.7 Å². The molecule has 0 aliphatic rings. The second-order valence-electron chi connectivity index (χ2n) is 7.69. The minimum absolute atomic E-state index is 0.186. The molecule has 168 valence electrons. The van der Waals surface area contributed by atoms with E-state index in [0.29, 0.717) is 0 Å². The number of aryl methyl sites for hydroxylation is 1. The summed E-state index contributed by atoms with van der Waals surface area (Å²) in [6.45, 7) is 4.92. The Morgan fingerprint density at radius 1 is 1.30 bits per heavy atom. The van der Waals surface area contributed by atoms with E-state index in [1.54, 1.807) is 20.8 Å². The number of aromatic amines is 1. The molecule has 4 N–H and O–H groups in total. The van der Waals surface area contributed by atoms with E-state index in [1.165, 1.54) is 20.2 Å². The first kappa shape index (κ1) is 25.0. The van der Waals surface area contributed by atoms with Gasteiger partial charge in [-0.3, -0.25) is 23.9 Å². The molecule has 0 bridgehead atoms. The Hall–Kier alpha value is -2.99. The number of esters is 1. The summed E-state index contributed by atoms with van der Waals surface area (Å²) in [6.07, 6.45) is 1.18. The van der Waals surface area contributed by atoms with Crippen molar-refractivity contribution >= 4 is 17.8 Å². The van der Waals surface area contributed by atoms with Crippen molar-refractivity contribution in [2.75, 3.05) is 20.3 Å². The van der Waals surface area contributed by atoms with Gasteiger partial charge >= 0.3 is 17.6 Å². The first-order chi connectivity index (χ1) is 13.8. The highest BCUT2D eigenvalue weighted by Crippen LogP contribution is 2.10. The fourth-order valence-corrected chi connectivity index (χ4v) is 2.49. The molecule has 1 rings (SSSR count). The highest BCUT2D eigenvalue weighted by atomic mass is 16.6. The molecule has 1 unspecified atom stereocenters. The van der Waals surface area contributed by atoms with Gasteiger partial charge in [0.05, 0.1) is 6.61 Å². The number of carbonyl (C=O) groups is 3. The Kier molecular flexibility index (Phi) is 8.49. The van der Waals surface area contributed by atoms with E-state index >= 15 is 0 Å². The van der Waals surface area contributed by atoms with Gasteiger partial charge in [-0.25, -0.2) is 9.59 Å². The molecule has 0 aliphatic heterocycles. The zero-order valence-electron chi connectivity index (χ0n) is 17.6. The molecule has 0 aliphatic carbocycles. The molecule has 12 heteroatoms. The number of methoxy groups -OCH3 is 1. The van der Waals surface area contributed by atoms with Gasteiger partial charge in [0.25, 0.3) is 5.56 Å². The molecule has 0 spiro atoms. The van der Waals surface area contributed by atoms with Gasteiger partial charge in [-0.1, -0.05) is 0 Å². The quantitative estimate of drug-likeness (QED) is 0.393. The number of nitrogens with zero attached hydrogens (tertiary/aromatic N) is 2. The summed E-state index contributed by atoms with van der Waals surface area (Å²) in [5, 5.41) is 9.52. The third-order valence-corrected chi connectivity index (χ3v) is 3.90. The predicted molar refractivity (Wildman–Crippen MR) is 105 cm³/mol. The van der Waals surface area contributed by atoms with E-state index in [-0.39, 0.29) is 12.2 Å². The van der Waals surface area contributed by atoms with E-state index in [1.807, 2.05) is 0 Å². The summed E-state index contributed by atoms with van der Waals surface area (Å²) in [5.74, 6) is -3.02. The zero-order valence-corrected chi connectivity index (χ0v) is 17.6. The van der Waals surface area contributed by atoms with Crippen LogP contribution in [-0.4, -0.2) is 75.3 Å². The summed E-state index contributed by atoms with van der Waals surface area (Å²) < 4.78 is 11.0. The normalized spacial score (nSPS) is 13.4. The standard InChI is InChI=1S/C18H28N4O8/c1-10-6-21(17(28)20-14(10)24)8-13(23)22(12(9-29-5)15(25)26)7-11(19)16(27)30-18(2,3)4/h6,11-12H,7-9,19H2,1-5H3,(H,25,26)(H,20,24,28)/t11?,12-/m0/s1. The minimum Gasteiger partial charge on any atom is -0.480 e. The van der Waals surface area contributed by atoms with E-state index in [0.717, 1.165) is 9.47 Å². The third-order valence-electron chi connectivity index (χ3n) is 3.90. The number of carboxylic acid groups (broad SMARTS) is 1. The first-order valence-electron chi connectivity index (χ1n) is 9.06. The predicted octanol–water partition coefficient (Wildman–Crippen LogP) is -1.56. The molecule has 1 heterocycles. The Balaban J connectivity index is 3.20. The second-order valence-corrected chi connectivity index (χ2v) is 7.69. The van der Waals surface area contributed by atoms with Crippen LogP contribution in [0.3, 0.4) is 0 Å². The lowest BCUT2D eigenvalue weighted by atomic mass is 10.1. The summed E-state index contributed by atoms with van der Waals surface area (Å²) in [4.78, 5) is 63.1. The van der Waals surface area contributed by atoms with Crippen molar-refractivity contribution in [2.45, 2.75) is 51.9 Å². The van der Waals surface area contributed by atoms with E-state index < -0.39 is 59.9 Å². The van der Waals surface area contributed by atoms with Gasteiger partial charge in [0, 0.05) is 25.4 Å². The second kappa shape index (κ2) is 10.2. The van der Waals surface area contributed by atoms with Crippen LogP contribution in [0.15, 0.2) is 15.8 Å². The fraction of sp³-hybridized carbons (Fsp3) is 0.611. The van der Waals surface area contributed by atoms with Crippen LogP contribution in [0.4, 0.5) is 0 Å². The van der Waals surface area contributed by atoms with Gasteiger partial charge in [0.15, 0.2) is 6.04 Å². The molecule has 12 nitrogen and oxygen atoms in total. The third kappa shape index (κ3) is 7.12. The Bertz CT molecular complexity index is 899. The SMILES string of the molecule is COC[C@@H](C(=O)O)N(CC(N)C(=O)OC(C)(C)C)C(=O)Cn1cc(C)c(=O)[nH]c1=O. The number of amides is 1. The summed E-state index contributed by atoms with van der Waals surface area (Å²) >= 11 is 0. The minimum atomic E-state index is -1.46. The molecular weight excluding hydrogens is 400 g/mol. The van der Waals surface area contributed by atoms with Crippen molar-refractivity contribution in [1.82, 2.24) is 14.5 Å².